The summed E-state index contributed by atoms with van der Waals surface area (Å²) in [5.74, 6) is 2.24. The summed E-state index contributed by atoms with van der Waals surface area (Å²) in [7, 11) is 0. The van der Waals surface area contributed by atoms with Crippen molar-refractivity contribution in [1.82, 2.24) is 15.0 Å². The quantitative estimate of drug-likeness (QED) is 0.379. The molecule has 1 N–H and O–H groups in total. The number of aryl methyl sites for hydroxylation is 4. The van der Waals surface area contributed by atoms with E-state index in [-0.39, 0.29) is 11.9 Å². The van der Waals surface area contributed by atoms with Crippen LogP contribution in [0.3, 0.4) is 0 Å². The zero-order valence-electron chi connectivity index (χ0n) is 20.0. The van der Waals surface area contributed by atoms with Gasteiger partial charge in [-0.15, -0.1) is 0 Å². The first-order valence-corrected chi connectivity index (χ1v) is 11.1. The second-order valence-electron chi connectivity index (χ2n) is 8.79. The molecule has 0 spiro atoms. The van der Waals surface area contributed by atoms with Crippen molar-refractivity contribution in [3.63, 3.8) is 0 Å². The van der Waals surface area contributed by atoms with Gasteiger partial charge in [-0.3, -0.25) is 0 Å². The van der Waals surface area contributed by atoms with E-state index in [0.717, 1.165) is 22.3 Å². The van der Waals surface area contributed by atoms with E-state index in [2.05, 4.69) is 52.0 Å². The van der Waals surface area contributed by atoms with Crippen LogP contribution in [0.2, 0.25) is 0 Å². The number of nitrogens with zero attached hydrogens (tertiary/aromatic N) is 3. The van der Waals surface area contributed by atoms with Gasteiger partial charge in [0.25, 0.3) is 0 Å². The van der Waals surface area contributed by atoms with Gasteiger partial charge in [-0.25, -0.2) is 15.0 Å². The first kappa shape index (κ1) is 22.5. The lowest BCUT2D eigenvalue weighted by atomic mass is 10.0. The third kappa shape index (κ3) is 4.87. The molecule has 0 aliphatic rings. The van der Waals surface area contributed by atoms with Crippen molar-refractivity contribution in [3.05, 3.63) is 76.9 Å². The predicted molar refractivity (Wildman–Crippen MR) is 133 cm³/mol. The van der Waals surface area contributed by atoms with Crippen molar-refractivity contribution in [2.75, 3.05) is 0 Å². The van der Waals surface area contributed by atoms with Crippen molar-refractivity contribution in [1.29, 1.82) is 0 Å². The molecular formula is C28H29N3O2. The Kier molecular flexibility index (Phi) is 6.14. The summed E-state index contributed by atoms with van der Waals surface area (Å²) in [6.45, 7) is 12.1. The Morgan fingerprint density at radius 3 is 1.52 bits per heavy atom. The van der Waals surface area contributed by atoms with Crippen molar-refractivity contribution in [2.24, 2.45) is 0 Å². The molecule has 0 aliphatic carbocycles. The Morgan fingerprint density at radius 1 is 0.636 bits per heavy atom. The summed E-state index contributed by atoms with van der Waals surface area (Å²) in [4.78, 5) is 14.4. The lowest BCUT2D eigenvalue weighted by molar-refractivity contribution is 0.241. The van der Waals surface area contributed by atoms with Crippen molar-refractivity contribution >= 4 is 0 Å². The van der Waals surface area contributed by atoms with Crippen LogP contribution in [0.5, 0.6) is 11.5 Å². The third-order valence-electron chi connectivity index (χ3n) is 5.46. The molecule has 0 bridgehead atoms. The van der Waals surface area contributed by atoms with E-state index in [1.165, 1.54) is 11.1 Å². The van der Waals surface area contributed by atoms with Gasteiger partial charge in [-0.2, -0.15) is 0 Å². The van der Waals surface area contributed by atoms with Crippen LogP contribution in [0, 0.1) is 27.7 Å². The Morgan fingerprint density at radius 2 is 1.09 bits per heavy atom. The molecule has 0 fully saturated rings. The number of ether oxygens (including phenoxy) is 1. The lowest BCUT2D eigenvalue weighted by Crippen LogP contribution is -2.05. The third-order valence-corrected chi connectivity index (χ3v) is 5.46. The van der Waals surface area contributed by atoms with Crippen LogP contribution in [0.1, 0.15) is 36.1 Å². The zero-order valence-corrected chi connectivity index (χ0v) is 20.0. The first-order valence-electron chi connectivity index (χ1n) is 11.1. The predicted octanol–water partition coefficient (Wildman–Crippen LogP) is 6.60. The Labute approximate surface area is 195 Å². The highest BCUT2D eigenvalue weighted by Crippen LogP contribution is 2.34. The largest absolute Gasteiger partial charge is 0.507 e. The van der Waals surface area contributed by atoms with Gasteiger partial charge in [0, 0.05) is 17.2 Å². The molecule has 0 saturated heterocycles. The van der Waals surface area contributed by atoms with Crippen LogP contribution in [0.15, 0.2) is 54.6 Å². The van der Waals surface area contributed by atoms with Gasteiger partial charge in [0.1, 0.15) is 11.5 Å². The van der Waals surface area contributed by atoms with Crippen LogP contribution in [0.25, 0.3) is 34.2 Å². The average molecular weight is 440 g/mol. The SMILES string of the molecule is Cc1ccc(-c2nc(-c3ccc(C)cc3C)nc(-c3ccc(OC(C)C)cc3O)n2)c(C)c1. The van der Waals surface area contributed by atoms with E-state index in [1.54, 1.807) is 12.1 Å². The molecule has 0 atom stereocenters. The summed E-state index contributed by atoms with van der Waals surface area (Å²) < 4.78 is 5.71. The molecule has 5 heteroatoms. The highest BCUT2D eigenvalue weighted by atomic mass is 16.5. The topological polar surface area (TPSA) is 68.1 Å². The maximum atomic E-state index is 10.8. The molecule has 168 valence electrons. The molecule has 3 aromatic carbocycles. The first-order chi connectivity index (χ1) is 15.7. The zero-order chi connectivity index (χ0) is 23.7. The molecule has 33 heavy (non-hydrogen) atoms. The summed E-state index contributed by atoms with van der Waals surface area (Å²) in [6, 6.07) is 17.6. The summed E-state index contributed by atoms with van der Waals surface area (Å²) in [5, 5.41) is 10.8. The fourth-order valence-electron chi connectivity index (χ4n) is 3.91. The highest BCUT2D eigenvalue weighted by molar-refractivity contribution is 5.72. The van der Waals surface area contributed by atoms with E-state index in [4.69, 9.17) is 19.7 Å². The number of phenols is 1. The summed E-state index contributed by atoms with van der Waals surface area (Å²) in [5.41, 5.74) is 6.94. The molecule has 1 aromatic heterocycles. The number of hydrogen-bond donors (Lipinski definition) is 1. The van der Waals surface area contributed by atoms with E-state index < -0.39 is 0 Å². The van der Waals surface area contributed by atoms with Gasteiger partial charge in [0.05, 0.1) is 11.7 Å². The van der Waals surface area contributed by atoms with Gasteiger partial charge < -0.3 is 9.84 Å². The van der Waals surface area contributed by atoms with Crippen LogP contribution < -0.4 is 4.74 Å². The van der Waals surface area contributed by atoms with Crippen molar-refractivity contribution in [3.8, 4) is 45.7 Å². The number of rotatable bonds is 5. The molecule has 4 rings (SSSR count). The fraction of sp³-hybridized carbons (Fsp3) is 0.250. The van der Waals surface area contributed by atoms with Gasteiger partial charge >= 0.3 is 0 Å². The number of benzene rings is 3. The Hall–Kier alpha value is -3.73. The molecule has 0 radical (unpaired) electrons. The molecular weight excluding hydrogens is 410 g/mol. The van der Waals surface area contributed by atoms with Gasteiger partial charge in [-0.05, 0) is 64.8 Å². The fourth-order valence-corrected chi connectivity index (χ4v) is 3.91. The van der Waals surface area contributed by atoms with Crippen LogP contribution in [-0.4, -0.2) is 26.2 Å². The van der Waals surface area contributed by atoms with Crippen LogP contribution >= 0.6 is 0 Å². The van der Waals surface area contributed by atoms with Gasteiger partial charge in [0.2, 0.25) is 0 Å². The Bertz CT molecular complexity index is 1260. The minimum Gasteiger partial charge on any atom is -0.507 e. The maximum absolute atomic E-state index is 10.8. The van der Waals surface area contributed by atoms with Crippen LogP contribution in [-0.2, 0) is 0 Å². The van der Waals surface area contributed by atoms with Gasteiger partial charge in [0.15, 0.2) is 17.5 Å². The molecule has 0 amide bonds. The number of aromatic hydroxyl groups is 1. The number of phenolic OH excluding ortho intramolecular Hbond substituents is 1. The standard InChI is InChI=1S/C28H29N3O2/c1-16(2)33-21-9-12-24(25(32)15-21)28-30-26(22-10-7-17(3)13-19(22)5)29-27(31-28)23-11-8-18(4)14-20(23)6/h7-16,32H,1-6H3. The number of aromatic nitrogens is 3. The summed E-state index contributed by atoms with van der Waals surface area (Å²) >= 11 is 0. The average Bonchev–Trinajstić information content (AvgIpc) is 2.73. The lowest BCUT2D eigenvalue weighted by Gasteiger charge is -2.14. The molecule has 0 saturated carbocycles. The molecule has 4 aromatic rings. The minimum absolute atomic E-state index is 0.0136. The minimum atomic E-state index is 0.0136. The van der Waals surface area contributed by atoms with Crippen molar-refractivity contribution in [2.45, 2.75) is 47.6 Å². The van der Waals surface area contributed by atoms with Gasteiger partial charge in [-0.1, -0.05) is 47.5 Å². The Balaban J connectivity index is 1.91. The second kappa shape index (κ2) is 9.02. The molecule has 1 heterocycles. The van der Waals surface area contributed by atoms with E-state index >= 15 is 0 Å². The molecule has 5 nitrogen and oxygen atoms in total. The van der Waals surface area contributed by atoms with Crippen LogP contribution in [0.4, 0.5) is 0 Å². The second-order valence-corrected chi connectivity index (χ2v) is 8.79. The molecule has 0 unspecified atom stereocenters. The summed E-state index contributed by atoms with van der Waals surface area (Å²) in [6.07, 6.45) is 0.0136. The smallest absolute Gasteiger partial charge is 0.167 e. The van der Waals surface area contributed by atoms with E-state index in [0.29, 0.717) is 28.8 Å². The van der Waals surface area contributed by atoms with E-state index in [9.17, 15) is 5.11 Å². The normalized spacial score (nSPS) is 11.1. The van der Waals surface area contributed by atoms with Crippen molar-refractivity contribution < 1.29 is 9.84 Å². The maximum Gasteiger partial charge on any atom is 0.167 e. The molecule has 0 aliphatic heterocycles. The van der Waals surface area contributed by atoms with E-state index in [1.807, 2.05) is 32.0 Å². The highest BCUT2D eigenvalue weighted by Gasteiger charge is 2.17. The number of hydrogen-bond acceptors (Lipinski definition) is 5. The monoisotopic (exact) mass is 439 g/mol.